The Hall–Kier alpha value is -1.69. The van der Waals surface area contributed by atoms with Gasteiger partial charge in [-0.1, -0.05) is 0 Å². The van der Waals surface area contributed by atoms with Crippen LogP contribution in [0.15, 0.2) is 12.1 Å². The summed E-state index contributed by atoms with van der Waals surface area (Å²) in [6.07, 6.45) is 4.25. The van der Waals surface area contributed by atoms with Gasteiger partial charge in [-0.2, -0.15) is 8.78 Å². The van der Waals surface area contributed by atoms with Crippen LogP contribution in [-0.2, 0) is 0 Å². The summed E-state index contributed by atoms with van der Waals surface area (Å²) in [5, 5.41) is 6.62. The number of rotatable bonds is 4. The van der Waals surface area contributed by atoms with Gasteiger partial charge >= 0.3 is 6.61 Å². The second kappa shape index (κ2) is 6.43. The standard InChI is InChI=1S/C17H22F2N2O2/c1-9-5-11(6-10(2)15(9)23-17(18)19)16(22)21-14-7-12-3-4-13(8-14)20-12/h5-6,12-14,17,20H,3-4,7-8H2,1-2H3,(H,21,22). The lowest BCUT2D eigenvalue weighted by Crippen LogP contribution is -2.48. The highest BCUT2D eigenvalue weighted by Gasteiger charge is 2.34. The topological polar surface area (TPSA) is 50.4 Å². The zero-order valence-corrected chi connectivity index (χ0v) is 13.4. The number of benzene rings is 1. The molecule has 1 amide bonds. The van der Waals surface area contributed by atoms with Crippen LogP contribution in [0.25, 0.3) is 0 Å². The summed E-state index contributed by atoms with van der Waals surface area (Å²) in [7, 11) is 0. The fourth-order valence-corrected chi connectivity index (χ4v) is 3.80. The number of piperidine rings is 1. The number of hydrogen-bond acceptors (Lipinski definition) is 3. The number of carbonyl (C=O) groups is 1. The first-order chi connectivity index (χ1) is 10.9. The zero-order valence-electron chi connectivity index (χ0n) is 13.4. The van der Waals surface area contributed by atoms with Crippen molar-refractivity contribution in [3.05, 3.63) is 28.8 Å². The van der Waals surface area contributed by atoms with Gasteiger partial charge in [0.15, 0.2) is 0 Å². The van der Waals surface area contributed by atoms with Gasteiger partial charge in [0.05, 0.1) is 0 Å². The lowest BCUT2D eigenvalue weighted by atomic mass is 9.99. The van der Waals surface area contributed by atoms with Gasteiger partial charge in [0.1, 0.15) is 5.75 Å². The molecule has 2 bridgehead atoms. The number of alkyl halides is 2. The lowest BCUT2D eigenvalue weighted by molar-refractivity contribution is -0.0507. The predicted octanol–water partition coefficient (Wildman–Crippen LogP) is 2.92. The average Bonchev–Trinajstić information content (AvgIpc) is 2.81. The smallest absolute Gasteiger partial charge is 0.387 e. The molecule has 2 heterocycles. The van der Waals surface area contributed by atoms with Crippen molar-refractivity contribution >= 4 is 5.91 Å². The molecule has 0 spiro atoms. The number of hydrogen-bond donors (Lipinski definition) is 2. The van der Waals surface area contributed by atoms with E-state index in [0.29, 0.717) is 28.8 Å². The number of halogens is 2. The fourth-order valence-electron chi connectivity index (χ4n) is 3.80. The molecule has 1 aromatic carbocycles. The maximum Gasteiger partial charge on any atom is 0.387 e. The van der Waals surface area contributed by atoms with Crippen molar-refractivity contribution in [2.45, 2.75) is 64.3 Å². The molecule has 2 aliphatic heterocycles. The van der Waals surface area contributed by atoms with Crippen molar-refractivity contribution in [1.29, 1.82) is 0 Å². The summed E-state index contributed by atoms with van der Waals surface area (Å²) in [6.45, 7) is 0.482. The molecule has 2 saturated heterocycles. The zero-order chi connectivity index (χ0) is 16.6. The van der Waals surface area contributed by atoms with Gasteiger partial charge in [-0.3, -0.25) is 4.79 Å². The van der Waals surface area contributed by atoms with E-state index in [1.165, 1.54) is 12.8 Å². The molecular formula is C17H22F2N2O2. The Morgan fingerprint density at radius 1 is 1.22 bits per heavy atom. The molecule has 2 atom stereocenters. The molecule has 23 heavy (non-hydrogen) atoms. The van der Waals surface area contributed by atoms with Crippen LogP contribution >= 0.6 is 0 Å². The van der Waals surface area contributed by atoms with E-state index in [1.807, 2.05) is 0 Å². The van der Waals surface area contributed by atoms with Gasteiger partial charge in [0.25, 0.3) is 5.91 Å². The van der Waals surface area contributed by atoms with Gasteiger partial charge in [0.2, 0.25) is 0 Å². The molecule has 2 unspecified atom stereocenters. The van der Waals surface area contributed by atoms with E-state index in [1.54, 1.807) is 26.0 Å². The third-order valence-corrected chi connectivity index (χ3v) is 4.74. The molecule has 0 radical (unpaired) electrons. The van der Waals surface area contributed by atoms with Gasteiger partial charge < -0.3 is 15.4 Å². The summed E-state index contributed by atoms with van der Waals surface area (Å²) in [4.78, 5) is 12.5. The molecule has 2 N–H and O–H groups in total. The summed E-state index contributed by atoms with van der Waals surface area (Å²) in [5.41, 5.74) is 1.58. The van der Waals surface area contributed by atoms with Gasteiger partial charge in [-0.15, -0.1) is 0 Å². The van der Waals surface area contributed by atoms with Crippen LogP contribution in [0.2, 0.25) is 0 Å². The average molecular weight is 324 g/mol. The van der Waals surface area contributed by atoms with Crippen LogP contribution in [0.5, 0.6) is 5.75 Å². The molecule has 0 aromatic heterocycles. The second-order valence-electron chi connectivity index (χ2n) is 6.60. The Labute approximate surface area is 134 Å². The summed E-state index contributed by atoms with van der Waals surface area (Å²) >= 11 is 0. The van der Waals surface area contributed by atoms with Crippen LogP contribution in [0.1, 0.15) is 47.2 Å². The van der Waals surface area contributed by atoms with Crippen LogP contribution in [-0.4, -0.2) is 30.6 Å². The molecule has 2 aliphatic rings. The first-order valence-electron chi connectivity index (χ1n) is 8.05. The quantitative estimate of drug-likeness (QED) is 0.895. The van der Waals surface area contributed by atoms with Crippen molar-refractivity contribution in [3.8, 4) is 5.75 Å². The van der Waals surface area contributed by atoms with Gasteiger partial charge in [-0.05, 0) is 62.8 Å². The highest BCUT2D eigenvalue weighted by Crippen LogP contribution is 2.28. The molecule has 0 aliphatic carbocycles. The van der Waals surface area contributed by atoms with E-state index < -0.39 is 6.61 Å². The minimum atomic E-state index is -2.86. The molecule has 0 saturated carbocycles. The maximum atomic E-state index is 12.5. The number of ether oxygens (including phenoxy) is 1. The minimum absolute atomic E-state index is 0.147. The SMILES string of the molecule is Cc1cc(C(=O)NC2CC3CCC(C2)N3)cc(C)c1OC(F)F. The van der Waals surface area contributed by atoms with E-state index in [9.17, 15) is 13.6 Å². The van der Waals surface area contributed by atoms with Crippen LogP contribution in [0.4, 0.5) is 8.78 Å². The normalized spacial score (nSPS) is 26.4. The van der Waals surface area contributed by atoms with E-state index in [2.05, 4.69) is 15.4 Å². The Morgan fingerprint density at radius 2 is 1.78 bits per heavy atom. The Morgan fingerprint density at radius 3 is 2.30 bits per heavy atom. The number of aryl methyl sites for hydroxylation is 2. The molecule has 3 rings (SSSR count). The predicted molar refractivity (Wildman–Crippen MR) is 83.0 cm³/mol. The molecule has 6 heteroatoms. The third-order valence-electron chi connectivity index (χ3n) is 4.74. The fraction of sp³-hybridized carbons (Fsp3) is 0.588. The van der Waals surface area contributed by atoms with Crippen molar-refractivity contribution < 1.29 is 18.3 Å². The van der Waals surface area contributed by atoms with Crippen LogP contribution in [0.3, 0.4) is 0 Å². The van der Waals surface area contributed by atoms with E-state index in [-0.39, 0.29) is 17.7 Å². The van der Waals surface area contributed by atoms with Crippen LogP contribution < -0.4 is 15.4 Å². The summed E-state index contributed by atoms with van der Waals surface area (Å²) in [6, 6.07) is 4.40. The largest absolute Gasteiger partial charge is 0.434 e. The highest BCUT2D eigenvalue weighted by molar-refractivity contribution is 5.95. The molecule has 4 nitrogen and oxygen atoms in total. The number of nitrogens with one attached hydrogen (secondary N) is 2. The number of fused-ring (bicyclic) bond motifs is 2. The third kappa shape index (κ3) is 3.63. The Bertz CT molecular complexity index is 571. The molecule has 1 aromatic rings. The molecule has 126 valence electrons. The first kappa shape index (κ1) is 16.2. The van der Waals surface area contributed by atoms with Crippen molar-refractivity contribution in [3.63, 3.8) is 0 Å². The monoisotopic (exact) mass is 324 g/mol. The summed E-state index contributed by atoms with van der Waals surface area (Å²) in [5.74, 6) is 0.00237. The number of carbonyl (C=O) groups excluding carboxylic acids is 1. The van der Waals surface area contributed by atoms with Gasteiger partial charge in [0, 0.05) is 23.7 Å². The second-order valence-corrected chi connectivity index (χ2v) is 6.60. The van der Waals surface area contributed by atoms with Crippen molar-refractivity contribution in [1.82, 2.24) is 10.6 Å². The molecule has 2 fully saturated rings. The van der Waals surface area contributed by atoms with E-state index in [0.717, 1.165) is 12.8 Å². The lowest BCUT2D eigenvalue weighted by Gasteiger charge is -2.29. The van der Waals surface area contributed by atoms with E-state index >= 15 is 0 Å². The highest BCUT2D eigenvalue weighted by atomic mass is 19.3. The maximum absolute atomic E-state index is 12.5. The minimum Gasteiger partial charge on any atom is -0.434 e. The van der Waals surface area contributed by atoms with E-state index in [4.69, 9.17) is 0 Å². The van der Waals surface area contributed by atoms with Crippen LogP contribution in [0, 0.1) is 13.8 Å². The first-order valence-corrected chi connectivity index (χ1v) is 8.05. The Kier molecular flexibility index (Phi) is 4.53. The van der Waals surface area contributed by atoms with Crippen molar-refractivity contribution in [2.75, 3.05) is 0 Å². The molecular weight excluding hydrogens is 302 g/mol. The Balaban J connectivity index is 1.70. The van der Waals surface area contributed by atoms with Crippen molar-refractivity contribution in [2.24, 2.45) is 0 Å². The summed E-state index contributed by atoms with van der Waals surface area (Å²) < 4.78 is 29.4. The number of amides is 1. The van der Waals surface area contributed by atoms with Gasteiger partial charge in [-0.25, -0.2) is 0 Å².